The monoisotopic (exact) mass is 1050 g/mol. The Balaban J connectivity index is 0.000000148. The van der Waals surface area contributed by atoms with Crippen molar-refractivity contribution < 1.29 is 25.5 Å². The van der Waals surface area contributed by atoms with Crippen LogP contribution in [0.15, 0.2) is 261 Å². The number of phenolic OH excluding ortho intramolecular Hbond substituents is 5. The molecule has 0 spiro atoms. The molecule has 5 nitrogen and oxygen atoms in total. The molecule has 5 N–H and O–H groups in total. The third-order valence-corrected chi connectivity index (χ3v) is 15.8. The van der Waals surface area contributed by atoms with E-state index in [1.807, 2.05) is 86.6 Å². The molecule has 15 aromatic carbocycles. The fourth-order valence-corrected chi connectivity index (χ4v) is 12.2. The fraction of sp³-hybridized carbons (Fsp3) is 0.0263. The van der Waals surface area contributed by atoms with E-state index in [0.29, 0.717) is 16.3 Å². The molecule has 0 aromatic heterocycles. The molecule has 5 heteroatoms. The van der Waals surface area contributed by atoms with Crippen LogP contribution in [0.1, 0.15) is 13.8 Å². The van der Waals surface area contributed by atoms with E-state index in [0.717, 1.165) is 43.4 Å². The summed E-state index contributed by atoms with van der Waals surface area (Å²) in [6, 6.07) is 91.6. The molecule has 0 unspecified atom stereocenters. The predicted octanol–water partition coefficient (Wildman–Crippen LogP) is 20.5. The van der Waals surface area contributed by atoms with Gasteiger partial charge in [0.2, 0.25) is 17.2 Å². The Morgan fingerprint density at radius 3 is 1.09 bits per heavy atom. The van der Waals surface area contributed by atoms with Gasteiger partial charge in [-0.3, -0.25) is 0 Å². The van der Waals surface area contributed by atoms with E-state index in [-0.39, 0.29) is 5.56 Å². The molecule has 0 amide bonds. The quantitative estimate of drug-likeness (QED) is 0.0512. The van der Waals surface area contributed by atoms with Crippen LogP contribution in [0.2, 0.25) is 0 Å². The Hall–Kier alpha value is -10.6. The molecule has 15 aromatic rings. The summed E-state index contributed by atoms with van der Waals surface area (Å²) in [5.74, 6) is -4.23. The molecule has 0 bridgehead atoms. The lowest BCUT2D eigenvalue weighted by Crippen LogP contribution is -1.93. The molecule has 15 rings (SSSR count). The standard InChI is InChI=1S/C40H26.C34H22O5.C2H6/c1-2-12-31-26-32(25-22-27(31)10-1)28-20-23-30(24-21-28)39-35-15-5-7-17-37(35)40(38-18-8-6-16-36(38)39)34-19-9-13-29-11-3-4-14-33(29)34;35-30-29(31(36)33(38)34(39)32(30)37)28-24-15-7-5-13-22(24)27(23-14-6-8-16-25(23)28)26-17-18-9-1-2-10-19(18)20-11-3-4-12-21(20)26;1-2/h1-26H;1-17,35-39H;1-2H3. The minimum atomic E-state index is -0.985. The zero-order valence-corrected chi connectivity index (χ0v) is 44.6. The summed E-state index contributed by atoms with van der Waals surface area (Å²) in [7, 11) is 0. The normalized spacial score (nSPS) is 11.3. The third kappa shape index (κ3) is 8.34. The van der Waals surface area contributed by atoms with E-state index < -0.39 is 28.7 Å². The second-order valence-corrected chi connectivity index (χ2v) is 20.2. The minimum absolute atomic E-state index is 0.162. The van der Waals surface area contributed by atoms with Crippen LogP contribution in [0.25, 0.3) is 142 Å². The van der Waals surface area contributed by atoms with Gasteiger partial charge in [-0.25, -0.2) is 0 Å². The first-order chi connectivity index (χ1) is 39.8. The minimum Gasteiger partial charge on any atom is -0.504 e. The molecule has 0 aliphatic rings. The largest absolute Gasteiger partial charge is 0.504 e. The van der Waals surface area contributed by atoms with Crippen LogP contribution in [0.5, 0.6) is 28.7 Å². The second kappa shape index (κ2) is 20.6. The summed E-state index contributed by atoms with van der Waals surface area (Å²) in [5.41, 5.74) is 9.87. The summed E-state index contributed by atoms with van der Waals surface area (Å²) in [5, 5.41) is 70.4. The Kier molecular flexibility index (Phi) is 12.7. The van der Waals surface area contributed by atoms with Crippen LogP contribution in [-0.4, -0.2) is 25.5 Å². The highest BCUT2D eigenvalue weighted by Gasteiger charge is 2.28. The lowest BCUT2D eigenvalue weighted by atomic mass is 9.83. The summed E-state index contributed by atoms with van der Waals surface area (Å²) < 4.78 is 0. The van der Waals surface area contributed by atoms with Gasteiger partial charge in [-0.1, -0.05) is 263 Å². The SMILES string of the molecule is CC.Oc1c(O)c(O)c(-c2c3ccccc3c(-c3cc4ccccc4c4ccccc34)c3ccccc23)c(O)c1O.c1ccc2cc(-c3ccc(-c4c5ccccc5c(-c5cccc6ccccc56)c5ccccc45)cc3)ccc2c1. The van der Waals surface area contributed by atoms with Gasteiger partial charge in [0.25, 0.3) is 0 Å². The molecular formula is C76H54O5. The number of rotatable bonds is 5. The van der Waals surface area contributed by atoms with E-state index in [2.05, 4.69) is 188 Å². The van der Waals surface area contributed by atoms with Gasteiger partial charge in [-0.2, -0.15) is 0 Å². The molecule has 0 saturated carbocycles. The maximum absolute atomic E-state index is 10.9. The van der Waals surface area contributed by atoms with Crippen molar-refractivity contribution in [3.05, 3.63) is 261 Å². The average Bonchev–Trinajstić information content (AvgIpc) is 3.57. The van der Waals surface area contributed by atoms with Gasteiger partial charge in [0.05, 0.1) is 5.56 Å². The van der Waals surface area contributed by atoms with Crippen molar-refractivity contribution in [2.75, 3.05) is 0 Å². The third-order valence-electron chi connectivity index (χ3n) is 15.8. The van der Waals surface area contributed by atoms with Gasteiger partial charge in [0, 0.05) is 5.56 Å². The highest BCUT2D eigenvalue weighted by Crippen LogP contribution is 2.58. The Morgan fingerprint density at radius 2 is 0.543 bits per heavy atom. The number of benzene rings is 15. The van der Waals surface area contributed by atoms with Crippen LogP contribution in [0.4, 0.5) is 0 Å². The van der Waals surface area contributed by atoms with Crippen molar-refractivity contribution in [2.45, 2.75) is 13.8 Å². The van der Waals surface area contributed by atoms with Crippen molar-refractivity contribution in [3.8, 4) is 84.4 Å². The summed E-state index contributed by atoms with van der Waals surface area (Å²) in [4.78, 5) is 0. The van der Waals surface area contributed by atoms with Gasteiger partial charge in [0.15, 0.2) is 11.5 Å². The zero-order chi connectivity index (χ0) is 55.3. The zero-order valence-electron chi connectivity index (χ0n) is 44.6. The topological polar surface area (TPSA) is 101 Å². The second-order valence-electron chi connectivity index (χ2n) is 20.2. The van der Waals surface area contributed by atoms with Crippen molar-refractivity contribution in [1.82, 2.24) is 0 Å². The fourth-order valence-electron chi connectivity index (χ4n) is 12.2. The first-order valence-electron chi connectivity index (χ1n) is 27.4. The van der Waals surface area contributed by atoms with Crippen molar-refractivity contribution in [2.24, 2.45) is 0 Å². The van der Waals surface area contributed by atoms with Gasteiger partial charge in [0.1, 0.15) is 0 Å². The lowest BCUT2D eigenvalue weighted by molar-refractivity contribution is 0.330. The highest BCUT2D eigenvalue weighted by molar-refractivity contribution is 6.27. The smallest absolute Gasteiger partial charge is 0.208 e. The summed E-state index contributed by atoms with van der Waals surface area (Å²) in [6.45, 7) is 4.00. The molecule has 0 aliphatic heterocycles. The molecule has 388 valence electrons. The van der Waals surface area contributed by atoms with E-state index in [9.17, 15) is 25.5 Å². The number of aromatic hydroxyl groups is 5. The molecule has 0 saturated heterocycles. The van der Waals surface area contributed by atoms with Crippen molar-refractivity contribution in [3.63, 3.8) is 0 Å². The van der Waals surface area contributed by atoms with Crippen molar-refractivity contribution >= 4 is 86.2 Å². The summed E-state index contributed by atoms with van der Waals surface area (Å²) >= 11 is 0. The molecule has 0 radical (unpaired) electrons. The van der Waals surface area contributed by atoms with Crippen LogP contribution in [0.3, 0.4) is 0 Å². The van der Waals surface area contributed by atoms with Crippen LogP contribution in [0, 0.1) is 0 Å². The molecular weight excluding hydrogens is 993 g/mol. The van der Waals surface area contributed by atoms with Gasteiger partial charge in [-0.15, -0.1) is 0 Å². The molecule has 0 aliphatic carbocycles. The number of hydrogen-bond donors (Lipinski definition) is 5. The summed E-state index contributed by atoms with van der Waals surface area (Å²) in [6.07, 6.45) is 0. The Morgan fingerprint density at radius 1 is 0.185 bits per heavy atom. The highest BCUT2D eigenvalue weighted by atomic mass is 16.4. The van der Waals surface area contributed by atoms with E-state index in [1.165, 1.54) is 76.5 Å². The first-order valence-corrected chi connectivity index (χ1v) is 27.4. The molecule has 81 heavy (non-hydrogen) atoms. The van der Waals surface area contributed by atoms with Gasteiger partial charge in [-0.05, 0) is 143 Å². The Bertz CT molecular complexity index is 4810. The number of fused-ring (bicyclic) bond motifs is 9. The molecule has 0 fully saturated rings. The van der Waals surface area contributed by atoms with Crippen LogP contribution >= 0.6 is 0 Å². The van der Waals surface area contributed by atoms with Crippen LogP contribution < -0.4 is 0 Å². The average molecular weight is 1050 g/mol. The van der Waals surface area contributed by atoms with Crippen molar-refractivity contribution in [1.29, 1.82) is 0 Å². The van der Waals surface area contributed by atoms with E-state index >= 15 is 0 Å². The Labute approximate surface area is 468 Å². The predicted molar refractivity (Wildman–Crippen MR) is 340 cm³/mol. The van der Waals surface area contributed by atoms with Gasteiger partial charge < -0.3 is 25.5 Å². The van der Waals surface area contributed by atoms with Gasteiger partial charge >= 0.3 is 0 Å². The number of hydrogen-bond acceptors (Lipinski definition) is 5. The maximum atomic E-state index is 10.9. The molecule has 0 atom stereocenters. The first kappa shape index (κ1) is 49.9. The van der Waals surface area contributed by atoms with E-state index in [4.69, 9.17) is 0 Å². The molecule has 0 heterocycles. The van der Waals surface area contributed by atoms with E-state index in [1.54, 1.807) is 0 Å². The lowest BCUT2D eigenvalue weighted by Gasteiger charge is -2.21. The maximum Gasteiger partial charge on any atom is 0.208 e. The van der Waals surface area contributed by atoms with Crippen LogP contribution in [-0.2, 0) is 0 Å². The number of phenols is 5.